The molecule has 4 nitrogen and oxygen atoms in total. The standard InChI is InChI=1S/C20H22F3N3O/c21-20(22,23)17-7-3-6-16(11-17)19(27)25-12-15-5-4-10-26(13-15)14-18-8-1-2-9-24-18/h1-3,6-9,11,15H,4-5,10,12-14H2,(H,25,27)/t15-/m1/s1. The van der Waals surface area contributed by atoms with Gasteiger partial charge in [0.1, 0.15) is 0 Å². The van der Waals surface area contributed by atoms with Crippen LogP contribution in [0.5, 0.6) is 0 Å². The Balaban J connectivity index is 1.53. The van der Waals surface area contributed by atoms with Gasteiger partial charge in [0.15, 0.2) is 0 Å². The number of carbonyl (C=O) groups excluding carboxylic acids is 1. The molecule has 0 spiro atoms. The van der Waals surface area contributed by atoms with Crippen molar-refractivity contribution in [2.45, 2.75) is 25.6 Å². The predicted octanol–water partition coefficient (Wildman–Crippen LogP) is 3.74. The Labute approximate surface area is 156 Å². The number of aromatic nitrogens is 1. The van der Waals surface area contributed by atoms with Gasteiger partial charge < -0.3 is 5.32 Å². The molecule has 27 heavy (non-hydrogen) atoms. The first-order valence-corrected chi connectivity index (χ1v) is 8.99. The number of piperidine rings is 1. The zero-order valence-electron chi connectivity index (χ0n) is 14.9. The molecule has 0 bridgehead atoms. The Bertz CT molecular complexity index is 765. The zero-order valence-corrected chi connectivity index (χ0v) is 14.9. The van der Waals surface area contributed by atoms with Crippen LogP contribution >= 0.6 is 0 Å². The first-order valence-electron chi connectivity index (χ1n) is 8.99. The SMILES string of the molecule is O=C(NC[C@H]1CCCN(Cc2ccccn2)C1)c1cccc(C(F)(F)F)c1. The fourth-order valence-electron chi connectivity index (χ4n) is 3.36. The first kappa shape index (κ1) is 19.4. The Morgan fingerprint density at radius 2 is 2.07 bits per heavy atom. The number of amides is 1. The molecule has 2 aromatic rings. The van der Waals surface area contributed by atoms with E-state index in [1.807, 2.05) is 18.2 Å². The van der Waals surface area contributed by atoms with Gasteiger partial charge in [0.25, 0.3) is 5.91 Å². The maximum atomic E-state index is 12.8. The number of alkyl halides is 3. The van der Waals surface area contributed by atoms with Crippen LogP contribution in [0.15, 0.2) is 48.7 Å². The van der Waals surface area contributed by atoms with Crippen molar-refractivity contribution in [1.82, 2.24) is 15.2 Å². The van der Waals surface area contributed by atoms with Crippen molar-refractivity contribution in [2.75, 3.05) is 19.6 Å². The van der Waals surface area contributed by atoms with Gasteiger partial charge in [-0.1, -0.05) is 12.1 Å². The molecule has 7 heteroatoms. The summed E-state index contributed by atoms with van der Waals surface area (Å²) in [6.07, 6.45) is -0.670. The highest BCUT2D eigenvalue weighted by atomic mass is 19.4. The van der Waals surface area contributed by atoms with Gasteiger partial charge in [-0.15, -0.1) is 0 Å². The second-order valence-corrected chi connectivity index (χ2v) is 6.85. The maximum absolute atomic E-state index is 12.8. The van der Waals surface area contributed by atoms with Crippen molar-refractivity contribution in [3.63, 3.8) is 0 Å². The van der Waals surface area contributed by atoms with Crippen molar-refractivity contribution in [3.05, 3.63) is 65.5 Å². The number of nitrogens with zero attached hydrogens (tertiary/aromatic N) is 2. The lowest BCUT2D eigenvalue weighted by Gasteiger charge is -2.32. The first-order chi connectivity index (χ1) is 12.9. The molecular weight excluding hydrogens is 355 g/mol. The normalized spacial score (nSPS) is 18.3. The van der Waals surface area contributed by atoms with Gasteiger partial charge in [0.2, 0.25) is 0 Å². The van der Waals surface area contributed by atoms with Crippen LogP contribution < -0.4 is 5.32 Å². The summed E-state index contributed by atoms with van der Waals surface area (Å²) in [5.74, 6) is -0.194. The molecule has 144 valence electrons. The van der Waals surface area contributed by atoms with Crippen LogP contribution in [0.4, 0.5) is 13.2 Å². The second kappa shape index (κ2) is 8.52. The molecular formula is C20H22F3N3O. The van der Waals surface area contributed by atoms with E-state index in [0.717, 1.165) is 50.3 Å². The summed E-state index contributed by atoms with van der Waals surface area (Å²) in [6.45, 7) is 3.03. The molecule has 0 radical (unpaired) electrons. The number of rotatable bonds is 5. The van der Waals surface area contributed by atoms with E-state index in [1.54, 1.807) is 6.20 Å². The van der Waals surface area contributed by atoms with Gasteiger partial charge in [-0.05, 0) is 55.6 Å². The van der Waals surface area contributed by atoms with E-state index in [9.17, 15) is 18.0 Å². The summed E-state index contributed by atoms with van der Waals surface area (Å²) >= 11 is 0. The molecule has 1 fully saturated rings. The number of benzene rings is 1. The van der Waals surface area contributed by atoms with E-state index in [4.69, 9.17) is 0 Å². The fourth-order valence-corrected chi connectivity index (χ4v) is 3.36. The molecule has 1 saturated heterocycles. The minimum absolute atomic E-state index is 0.0333. The van der Waals surface area contributed by atoms with E-state index in [2.05, 4.69) is 15.2 Å². The van der Waals surface area contributed by atoms with Gasteiger partial charge in [0, 0.05) is 31.4 Å². The molecule has 1 atom stereocenters. The third-order valence-corrected chi connectivity index (χ3v) is 4.72. The second-order valence-electron chi connectivity index (χ2n) is 6.85. The Hall–Kier alpha value is -2.41. The third-order valence-electron chi connectivity index (χ3n) is 4.72. The maximum Gasteiger partial charge on any atom is 0.416 e. The molecule has 1 aromatic carbocycles. The lowest BCUT2D eigenvalue weighted by Crippen LogP contribution is -2.40. The highest BCUT2D eigenvalue weighted by molar-refractivity contribution is 5.94. The number of halogens is 3. The topological polar surface area (TPSA) is 45.2 Å². The van der Waals surface area contributed by atoms with E-state index >= 15 is 0 Å². The smallest absolute Gasteiger partial charge is 0.352 e. The van der Waals surface area contributed by atoms with Crippen molar-refractivity contribution >= 4 is 5.91 Å². The largest absolute Gasteiger partial charge is 0.416 e. The van der Waals surface area contributed by atoms with Crippen LogP contribution in [0.1, 0.15) is 34.5 Å². The van der Waals surface area contributed by atoms with Crippen molar-refractivity contribution in [1.29, 1.82) is 0 Å². The molecule has 1 aliphatic heterocycles. The molecule has 3 rings (SSSR count). The molecule has 2 heterocycles. The predicted molar refractivity (Wildman–Crippen MR) is 96.0 cm³/mol. The Morgan fingerprint density at radius 1 is 1.22 bits per heavy atom. The Kier molecular flexibility index (Phi) is 6.11. The van der Waals surface area contributed by atoms with E-state index in [-0.39, 0.29) is 11.5 Å². The minimum Gasteiger partial charge on any atom is -0.352 e. The highest BCUT2D eigenvalue weighted by Gasteiger charge is 2.31. The summed E-state index contributed by atoms with van der Waals surface area (Å²) in [5, 5.41) is 2.78. The van der Waals surface area contributed by atoms with Crippen LogP contribution in [-0.2, 0) is 12.7 Å². The van der Waals surface area contributed by atoms with Crippen LogP contribution in [-0.4, -0.2) is 35.4 Å². The van der Waals surface area contributed by atoms with Crippen molar-refractivity contribution in [3.8, 4) is 0 Å². The Morgan fingerprint density at radius 3 is 2.81 bits per heavy atom. The van der Waals surface area contributed by atoms with Crippen molar-refractivity contribution in [2.24, 2.45) is 5.92 Å². The molecule has 1 N–H and O–H groups in total. The summed E-state index contributed by atoms with van der Waals surface area (Å²) in [6, 6.07) is 10.3. The molecule has 1 aliphatic rings. The van der Waals surface area contributed by atoms with Crippen LogP contribution in [0.25, 0.3) is 0 Å². The molecule has 1 amide bonds. The van der Waals surface area contributed by atoms with Crippen LogP contribution in [0.3, 0.4) is 0 Å². The summed E-state index contributed by atoms with van der Waals surface area (Å²) in [4.78, 5) is 18.9. The van der Waals surface area contributed by atoms with E-state index in [1.165, 1.54) is 12.1 Å². The number of hydrogen-bond acceptors (Lipinski definition) is 3. The van der Waals surface area contributed by atoms with Gasteiger partial charge >= 0.3 is 6.18 Å². The number of pyridine rings is 1. The van der Waals surface area contributed by atoms with Gasteiger partial charge in [-0.25, -0.2) is 0 Å². The van der Waals surface area contributed by atoms with E-state index in [0.29, 0.717) is 6.54 Å². The average molecular weight is 377 g/mol. The van der Waals surface area contributed by atoms with Gasteiger partial charge in [0.05, 0.1) is 11.3 Å². The number of nitrogens with one attached hydrogen (secondary N) is 1. The quantitative estimate of drug-likeness (QED) is 0.863. The molecule has 0 unspecified atom stereocenters. The summed E-state index contributed by atoms with van der Waals surface area (Å²) in [7, 11) is 0. The van der Waals surface area contributed by atoms with Crippen LogP contribution in [0, 0.1) is 5.92 Å². The lowest BCUT2D eigenvalue weighted by atomic mass is 9.97. The van der Waals surface area contributed by atoms with Gasteiger partial charge in [-0.2, -0.15) is 13.2 Å². The van der Waals surface area contributed by atoms with Crippen molar-refractivity contribution < 1.29 is 18.0 Å². The fraction of sp³-hybridized carbons (Fsp3) is 0.400. The van der Waals surface area contributed by atoms with Crippen LogP contribution in [0.2, 0.25) is 0 Å². The molecule has 0 aliphatic carbocycles. The van der Waals surface area contributed by atoms with Gasteiger partial charge in [-0.3, -0.25) is 14.7 Å². The third kappa shape index (κ3) is 5.53. The summed E-state index contributed by atoms with van der Waals surface area (Å²) < 4.78 is 38.4. The number of hydrogen-bond donors (Lipinski definition) is 1. The van der Waals surface area contributed by atoms with E-state index < -0.39 is 17.6 Å². The average Bonchev–Trinajstić information content (AvgIpc) is 2.67. The zero-order chi connectivity index (χ0) is 19.3. The summed E-state index contributed by atoms with van der Waals surface area (Å²) in [5.41, 5.74) is 0.228. The number of carbonyl (C=O) groups is 1. The number of likely N-dealkylation sites (tertiary alicyclic amines) is 1. The monoisotopic (exact) mass is 377 g/mol. The highest BCUT2D eigenvalue weighted by Crippen LogP contribution is 2.29. The lowest BCUT2D eigenvalue weighted by molar-refractivity contribution is -0.137. The molecule has 0 saturated carbocycles. The minimum atomic E-state index is -4.45. The molecule has 1 aromatic heterocycles.